The fourth-order valence-corrected chi connectivity index (χ4v) is 2.52. The van der Waals surface area contributed by atoms with Gasteiger partial charge < -0.3 is 0 Å². The van der Waals surface area contributed by atoms with E-state index in [1.165, 1.54) is 0 Å². The maximum atomic E-state index is 4.63. The molecule has 0 aliphatic rings. The van der Waals surface area contributed by atoms with E-state index in [-0.39, 0.29) is 0 Å². The fraction of sp³-hybridized carbons (Fsp3) is 0.0714. The molecule has 0 radical (unpaired) electrons. The van der Waals surface area contributed by atoms with Crippen molar-refractivity contribution in [3.63, 3.8) is 0 Å². The maximum absolute atomic E-state index is 4.63. The molecule has 0 unspecified atom stereocenters. The monoisotopic (exact) mass is 253 g/mol. The second kappa shape index (κ2) is 5.06. The lowest BCUT2D eigenvalue weighted by atomic mass is 10.2. The molecule has 0 N–H and O–H groups in total. The van der Waals surface area contributed by atoms with Crippen LogP contribution in [0.5, 0.6) is 0 Å². The Balaban J connectivity index is 1.82. The van der Waals surface area contributed by atoms with Crippen LogP contribution in [0.2, 0.25) is 0 Å². The van der Waals surface area contributed by atoms with E-state index < -0.39 is 0 Å². The number of thiazole rings is 1. The van der Waals surface area contributed by atoms with Crippen LogP contribution in [-0.4, -0.2) is 15.0 Å². The van der Waals surface area contributed by atoms with Gasteiger partial charge in [-0.05, 0) is 24.3 Å². The molecule has 0 saturated carbocycles. The van der Waals surface area contributed by atoms with Crippen molar-refractivity contribution >= 4 is 11.3 Å². The number of rotatable bonds is 3. The Bertz CT molecular complexity index is 620. The molecule has 3 aromatic heterocycles. The smallest absolute Gasteiger partial charge is 0.0992 e. The number of nitrogens with zero attached hydrogens (tertiary/aromatic N) is 3. The van der Waals surface area contributed by atoms with Crippen molar-refractivity contribution in [1.82, 2.24) is 15.0 Å². The molecule has 0 atom stereocenters. The topological polar surface area (TPSA) is 38.7 Å². The quantitative estimate of drug-likeness (QED) is 0.719. The van der Waals surface area contributed by atoms with Crippen LogP contribution in [0.25, 0.3) is 11.3 Å². The van der Waals surface area contributed by atoms with Gasteiger partial charge in [0.15, 0.2) is 0 Å². The SMILES string of the molecule is c1ccc(Cc2nc(-c3ccncc3)cs2)nc1. The standard InChI is InChI=1S/C14H11N3S/c1-2-6-16-12(3-1)9-14-17-13(10-18-14)11-4-7-15-8-5-11/h1-8,10H,9H2. The first-order valence-electron chi connectivity index (χ1n) is 5.66. The zero-order valence-electron chi connectivity index (χ0n) is 9.65. The number of pyridine rings is 2. The second-order valence-electron chi connectivity index (χ2n) is 3.86. The van der Waals surface area contributed by atoms with Crippen molar-refractivity contribution in [1.29, 1.82) is 0 Å². The highest BCUT2D eigenvalue weighted by Crippen LogP contribution is 2.22. The minimum absolute atomic E-state index is 0.788. The van der Waals surface area contributed by atoms with Gasteiger partial charge in [-0.3, -0.25) is 9.97 Å². The van der Waals surface area contributed by atoms with Crippen LogP contribution in [0.4, 0.5) is 0 Å². The van der Waals surface area contributed by atoms with Crippen LogP contribution in [-0.2, 0) is 6.42 Å². The molecule has 0 saturated heterocycles. The molecule has 18 heavy (non-hydrogen) atoms. The van der Waals surface area contributed by atoms with Gasteiger partial charge in [0.2, 0.25) is 0 Å². The van der Waals surface area contributed by atoms with Crippen molar-refractivity contribution in [2.75, 3.05) is 0 Å². The van der Waals surface area contributed by atoms with E-state index in [9.17, 15) is 0 Å². The number of hydrogen-bond acceptors (Lipinski definition) is 4. The molecule has 0 aliphatic heterocycles. The van der Waals surface area contributed by atoms with E-state index >= 15 is 0 Å². The third-order valence-corrected chi connectivity index (χ3v) is 3.44. The first kappa shape index (κ1) is 11.0. The molecule has 3 rings (SSSR count). The predicted molar refractivity (Wildman–Crippen MR) is 72.4 cm³/mol. The Hall–Kier alpha value is -2.07. The van der Waals surface area contributed by atoms with Crippen LogP contribution >= 0.6 is 11.3 Å². The summed E-state index contributed by atoms with van der Waals surface area (Å²) in [4.78, 5) is 13.0. The molecule has 0 amide bonds. The summed E-state index contributed by atoms with van der Waals surface area (Å²) in [6, 6.07) is 9.89. The molecule has 3 nitrogen and oxygen atoms in total. The number of hydrogen-bond donors (Lipinski definition) is 0. The second-order valence-corrected chi connectivity index (χ2v) is 4.80. The lowest BCUT2D eigenvalue weighted by molar-refractivity contribution is 1.05. The van der Waals surface area contributed by atoms with E-state index in [4.69, 9.17) is 0 Å². The van der Waals surface area contributed by atoms with Gasteiger partial charge in [0, 0.05) is 41.6 Å². The molecule has 0 fully saturated rings. The summed E-state index contributed by atoms with van der Waals surface area (Å²) in [5.41, 5.74) is 3.16. The molecule has 88 valence electrons. The van der Waals surface area contributed by atoms with Crippen molar-refractivity contribution in [3.05, 3.63) is 65.0 Å². The highest BCUT2D eigenvalue weighted by atomic mass is 32.1. The number of aromatic nitrogens is 3. The Morgan fingerprint density at radius 1 is 1.00 bits per heavy atom. The van der Waals surface area contributed by atoms with Crippen LogP contribution in [0.3, 0.4) is 0 Å². The van der Waals surface area contributed by atoms with Gasteiger partial charge in [0.05, 0.1) is 10.7 Å². The first-order valence-corrected chi connectivity index (χ1v) is 6.54. The van der Waals surface area contributed by atoms with Crippen LogP contribution < -0.4 is 0 Å². The van der Waals surface area contributed by atoms with Crippen molar-refractivity contribution in [3.8, 4) is 11.3 Å². The van der Waals surface area contributed by atoms with Crippen molar-refractivity contribution < 1.29 is 0 Å². The summed E-state index contributed by atoms with van der Waals surface area (Å²) in [6.45, 7) is 0. The van der Waals surface area contributed by atoms with Crippen molar-refractivity contribution in [2.24, 2.45) is 0 Å². The molecule has 4 heteroatoms. The zero-order valence-corrected chi connectivity index (χ0v) is 10.5. The highest BCUT2D eigenvalue weighted by Gasteiger charge is 2.05. The first-order chi connectivity index (χ1) is 8.92. The minimum atomic E-state index is 0.788. The largest absolute Gasteiger partial charge is 0.265 e. The molecule has 0 aromatic carbocycles. The van der Waals surface area contributed by atoms with Gasteiger partial charge in [-0.2, -0.15) is 0 Å². The molecular weight excluding hydrogens is 242 g/mol. The lowest BCUT2D eigenvalue weighted by Crippen LogP contribution is -1.90. The predicted octanol–water partition coefficient (Wildman–Crippen LogP) is 3.19. The third-order valence-electron chi connectivity index (χ3n) is 2.59. The van der Waals surface area contributed by atoms with E-state index in [2.05, 4.69) is 20.3 Å². The molecule has 0 aliphatic carbocycles. The Morgan fingerprint density at radius 2 is 1.89 bits per heavy atom. The van der Waals surface area contributed by atoms with Gasteiger partial charge in [-0.15, -0.1) is 11.3 Å². The fourth-order valence-electron chi connectivity index (χ4n) is 1.70. The van der Waals surface area contributed by atoms with Crippen LogP contribution in [0.15, 0.2) is 54.3 Å². The van der Waals surface area contributed by atoms with Gasteiger partial charge in [0.1, 0.15) is 0 Å². The Labute approximate surface area is 109 Å². The lowest BCUT2D eigenvalue weighted by Gasteiger charge is -1.96. The Morgan fingerprint density at radius 3 is 2.67 bits per heavy atom. The van der Waals surface area contributed by atoms with Gasteiger partial charge in [-0.1, -0.05) is 6.07 Å². The normalized spacial score (nSPS) is 10.4. The van der Waals surface area contributed by atoms with E-state index in [0.29, 0.717) is 0 Å². The van der Waals surface area contributed by atoms with Gasteiger partial charge in [-0.25, -0.2) is 4.98 Å². The molecule has 0 bridgehead atoms. The van der Waals surface area contributed by atoms with Crippen molar-refractivity contribution in [2.45, 2.75) is 6.42 Å². The summed E-state index contributed by atoms with van der Waals surface area (Å²) in [7, 11) is 0. The van der Waals surface area contributed by atoms with Gasteiger partial charge in [0.25, 0.3) is 0 Å². The van der Waals surface area contributed by atoms with E-state index in [0.717, 1.165) is 28.4 Å². The third kappa shape index (κ3) is 2.43. The minimum Gasteiger partial charge on any atom is -0.265 e. The Kier molecular flexibility index (Phi) is 3.10. The molecule has 0 spiro atoms. The van der Waals surface area contributed by atoms with Gasteiger partial charge >= 0.3 is 0 Å². The average molecular weight is 253 g/mol. The summed E-state index contributed by atoms with van der Waals surface area (Å²) in [6.07, 6.45) is 6.17. The summed E-state index contributed by atoms with van der Waals surface area (Å²) in [5, 5.41) is 3.16. The zero-order chi connectivity index (χ0) is 12.2. The molecular formula is C14H11N3S. The van der Waals surface area contributed by atoms with E-state index in [1.54, 1.807) is 23.7 Å². The maximum Gasteiger partial charge on any atom is 0.0992 e. The molecule has 3 heterocycles. The summed E-state index contributed by atoms with van der Waals surface area (Å²) >= 11 is 1.67. The summed E-state index contributed by atoms with van der Waals surface area (Å²) in [5.74, 6) is 0. The highest BCUT2D eigenvalue weighted by molar-refractivity contribution is 7.10. The van der Waals surface area contributed by atoms with E-state index in [1.807, 2.05) is 36.5 Å². The van der Waals surface area contributed by atoms with Crippen LogP contribution in [0.1, 0.15) is 10.7 Å². The molecule has 3 aromatic rings. The average Bonchev–Trinajstić information content (AvgIpc) is 2.89. The summed E-state index contributed by atoms with van der Waals surface area (Å²) < 4.78 is 0. The van der Waals surface area contributed by atoms with Crippen LogP contribution in [0, 0.1) is 0 Å².